The second-order valence-corrected chi connectivity index (χ2v) is 4.99. The SMILES string of the molecule is N#CC(NC(=O)c1ccc(N)c([N+](=O)[O-])c1)c1ccccc1Cl. The lowest BCUT2D eigenvalue weighted by molar-refractivity contribution is -0.383. The van der Waals surface area contributed by atoms with Crippen LogP contribution in [0.25, 0.3) is 0 Å². The van der Waals surface area contributed by atoms with E-state index in [0.717, 1.165) is 6.07 Å². The van der Waals surface area contributed by atoms with E-state index in [4.69, 9.17) is 17.3 Å². The van der Waals surface area contributed by atoms with Gasteiger partial charge in [-0.3, -0.25) is 14.9 Å². The molecule has 8 heteroatoms. The second-order valence-electron chi connectivity index (χ2n) is 4.59. The van der Waals surface area contributed by atoms with Gasteiger partial charge in [0.1, 0.15) is 11.7 Å². The van der Waals surface area contributed by atoms with Gasteiger partial charge in [-0.25, -0.2) is 0 Å². The van der Waals surface area contributed by atoms with Crippen LogP contribution in [0.1, 0.15) is 22.0 Å². The number of amides is 1. The Morgan fingerprint density at radius 1 is 1.35 bits per heavy atom. The minimum absolute atomic E-state index is 0.0261. The van der Waals surface area contributed by atoms with Crippen molar-refractivity contribution in [2.24, 2.45) is 0 Å². The molecule has 1 atom stereocenters. The van der Waals surface area contributed by atoms with Gasteiger partial charge < -0.3 is 11.1 Å². The smallest absolute Gasteiger partial charge is 0.292 e. The second kappa shape index (κ2) is 6.77. The Labute approximate surface area is 136 Å². The fourth-order valence-corrected chi connectivity index (χ4v) is 2.19. The van der Waals surface area contributed by atoms with E-state index in [9.17, 15) is 20.2 Å². The van der Waals surface area contributed by atoms with E-state index < -0.39 is 16.9 Å². The number of nitrogen functional groups attached to an aromatic ring is 1. The number of rotatable bonds is 4. The fourth-order valence-electron chi connectivity index (χ4n) is 1.95. The molecule has 7 nitrogen and oxygen atoms in total. The molecule has 0 radical (unpaired) electrons. The van der Waals surface area contributed by atoms with Crippen molar-refractivity contribution >= 4 is 28.9 Å². The Balaban J connectivity index is 2.28. The molecule has 3 N–H and O–H groups in total. The molecule has 1 unspecified atom stereocenters. The zero-order valence-corrected chi connectivity index (χ0v) is 12.4. The Bertz CT molecular complexity index is 817. The van der Waals surface area contributed by atoms with Crippen LogP contribution in [0.2, 0.25) is 5.02 Å². The van der Waals surface area contributed by atoms with Crippen LogP contribution in [0.5, 0.6) is 0 Å². The summed E-state index contributed by atoms with van der Waals surface area (Å²) in [5.41, 5.74) is 5.53. The molecular formula is C15H11ClN4O3. The van der Waals surface area contributed by atoms with Gasteiger partial charge in [0.2, 0.25) is 0 Å². The summed E-state index contributed by atoms with van der Waals surface area (Å²) in [6, 6.07) is 11.2. The predicted molar refractivity (Wildman–Crippen MR) is 84.8 cm³/mol. The van der Waals surface area contributed by atoms with E-state index in [0.29, 0.717) is 10.6 Å². The van der Waals surface area contributed by atoms with Crippen LogP contribution in [0.3, 0.4) is 0 Å². The van der Waals surface area contributed by atoms with Gasteiger partial charge >= 0.3 is 0 Å². The highest BCUT2D eigenvalue weighted by molar-refractivity contribution is 6.31. The third kappa shape index (κ3) is 3.56. The molecule has 0 aromatic heterocycles. The highest BCUT2D eigenvalue weighted by atomic mass is 35.5. The van der Waals surface area contributed by atoms with Crippen molar-refractivity contribution in [2.45, 2.75) is 6.04 Å². The lowest BCUT2D eigenvalue weighted by atomic mass is 10.1. The number of carbonyl (C=O) groups excluding carboxylic acids is 1. The predicted octanol–water partition coefficient (Wildman–Crippen LogP) is 2.83. The third-order valence-corrected chi connectivity index (χ3v) is 3.45. The van der Waals surface area contributed by atoms with Crippen LogP contribution in [-0.2, 0) is 0 Å². The average molecular weight is 331 g/mol. The topological polar surface area (TPSA) is 122 Å². The monoisotopic (exact) mass is 330 g/mol. The maximum absolute atomic E-state index is 12.2. The van der Waals surface area contributed by atoms with Crippen LogP contribution in [0.4, 0.5) is 11.4 Å². The van der Waals surface area contributed by atoms with Crippen LogP contribution in [0, 0.1) is 21.4 Å². The molecule has 2 aromatic carbocycles. The summed E-state index contributed by atoms with van der Waals surface area (Å²) in [7, 11) is 0. The largest absolute Gasteiger partial charge is 0.393 e. The molecule has 0 saturated carbocycles. The molecule has 0 aliphatic heterocycles. The quantitative estimate of drug-likeness (QED) is 0.507. The molecule has 0 heterocycles. The molecule has 0 bridgehead atoms. The number of nitrogens with zero attached hydrogens (tertiary/aromatic N) is 2. The molecule has 23 heavy (non-hydrogen) atoms. The van der Waals surface area contributed by atoms with Crippen molar-refractivity contribution < 1.29 is 9.72 Å². The lowest BCUT2D eigenvalue weighted by Crippen LogP contribution is -2.27. The molecular weight excluding hydrogens is 320 g/mol. The van der Waals surface area contributed by atoms with Crippen LogP contribution >= 0.6 is 11.6 Å². The first-order chi connectivity index (χ1) is 10.9. The number of halogens is 1. The fraction of sp³-hybridized carbons (Fsp3) is 0.0667. The summed E-state index contributed by atoms with van der Waals surface area (Å²) in [5.74, 6) is -0.639. The van der Waals surface area contributed by atoms with Crippen molar-refractivity contribution in [3.05, 3.63) is 68.7 Å². The number of carbonyl (C=O) groups is 1. The Kier molecular flexibility index (Phi) is 4.79. The number of nitrogens with one attached hydrogen (secondary N) is 1. The first kappa shape index (κ1) is 16.3. The minimum atomic E-state index is -0.979. The summed E-state index contributed by atoms with van der Waals surface area (Å²) in [5, 5.41) is 22.9. The maximum Gasteiger partial charge on any atom is 0.292 e. The van der Waals surface area contributed by atoms with E-state index in [2.05, 4.69) is 5.32 Å². The molecule has 2 aromatic rings. The number of benzene rings is 2. The molecule has 0 spiro atoms. The van der Waals surface area contributed by atoms with Crippen LogP contribution < -0.4 is 11.1 Å². The number of hydrogen-bond donors (Lipinski definition) is 2. The van der Waals surface area contributed by atoms with Gasteiger partial charge in [-0.05, 0) is 18.2 Å². The molecule has 0 aliphatic carbocycles. The number of nitriles is 1. The Hall–Kier alpha value is -3.11. The molecule has 0 fully saturated rings. The van der Waals surface area contributed by atoms with Gasteiger partial charge in [-0.2, -0.15) is 5.26 Å². The van der Waals surface area contributed by atoms with Gasteiger partial charge in [-0.1, -0.05) is 29.8 Å². The number of nitro benzene ring substituents is 1. The molecule has 0 saturated heterocycles. The van der Waals surface area contributed by atoms with E-state index >= 15 is 0 Å². The van der Waals surface area contributed by atoms with Crippen molar-refractivity contribution in [1.29, 1.82) is 5.26 Å². The van der Waals surface area contributed by atoms with Crippen molar-refractivity contribution in [3.8, 4) is 6.07 Å². The van der Waals surface area contributed by atoms with Crippen LogP contribution in [-0.4, -0.2) is 10.8 Å². The highest BCUT2D eigenvalue weighted by Gasteiger charge is 2.20. The van der Waals surface area contributed by atoms with Gasteiger partial charge in [0, 0.05) is 22.2 Å². The van der Waals surface area contributed by atoms with Crippen molar-refractivity contribution in [1.82, 2.24) is 5.32 Å². The van der Waals surface area contributed by atoms with E-state index in [1.165, 1.54) is 12.1 Å². The summed E-state index contributed by atoms with van der Waals surface area (Å²) in [6.07, 6.45) is 0. The molecule has 116 valence electrons. The number of anilines is 1. The highest BCUT2D eigenvalue weighted by Crippen LogP contribution is 2.24. The lowest BCUT2D eigenvalue weighted by Gasteiger charge is -2.13. The van der Waals surface area contributed by atoms with Crippen molar-refractivity contribution in [3.63, 3.8) is 0 Å². The third-order valence-electron chi connectivity index (χ3n) is 3.11. The molecule has 2 rings (SSSR count). The number of nitrogens with two attached hydrogens (primary N) is 1. The normalized spacial score (nSPS) is 11.3. The summed E-state index contributed by atoms with van der Waals surface area (Å²) >= 11 is 6.01. The Morgan fingerprint density at radius 3 is 2.65 bits per heavy atom. The zero-order valence-electron chi connectivity index (χ0n) is 11.7. The average Bonchev–Trinajstić information content (AvgIpc) is 2.53. The van der Waals surface area contributed by atoms with Gasteiger partial charge in [-0.15, -0.1) is 0 Å². The van der Waals surface area contributed by atoms with Gasteiger partial charge in [0.15, 0.2) is 0 Å². The van der Waals surface area contributed by atoms with Crippen molar-refractivity contribution in [2.75, 3.05) is 5.73 Å². The molecule has 0 aliphatic rings. The number of hydrogen-bond acceptors (Lipinski definition) is 5. The minimum Gasteiger partial charge on any atom is -0.393 e. The van der Waals surface area contributed by atoms with E-state index in [-0.39, 0.29) is 16.9 Å². The first-order valence-electron chi connectivity index (χ1n) is 6.43. The van der Waals surface area contributed by atoms with Gasteiger partial charge in [0.25, 0.3) is 11.6 Å². The van der Waals surface area contributed by atoms with Gasteiger partial charge in [0.05, 0.1) is 11.0 Å². The first-order valence-corrected chi connectivity index (χ1v) is 6.80. The van der Waals surface area contributed by atoms with E-state index in [1.54, 1.807) is 24.3 Å². The standard InChI is InChI=1S/C15H11ClN4O3/c16-11-4-2-1-3-10(11)13(8-17)19-15(21)9-5-6-12(18)14(7-9)20(22)23/h1-7,13H,18H2,(H,19,21). The summed E-state index contributed by atoms with van der Waals surface area (Å²) < 4.78 is 0. The van der Waals surface area contributed by atoms with E-state index in [1.807, 2.05) is 6.07 Å². The number of nitro groups is 1. The Morgan fingerprint density at radius 2 is 2.04 bits per heavy atom. The summed E-state index contributed by atoms with van der Waals surface area (Å²) in [4.78, 5) is 22.4. The summed E-state index contributed by atoms with van der Waals surface area (Å²) in [6.45, 7) is 0. The zero-order chi connectivity index (χ0) is 17.0. The maximum atomic E-state index is 12.2. The van der Waals surface area contributed by atoms with Crippen LogP contribution in [0.15, 0.2) is 42.5 Å². The molecule has 1 amide bonds.